The van der Waals surface area contributed by atoms with Crippen LogP contribution < -0.4 is 5.32 Å². The number of thioether (sulfide) groups is 1. The summed E-state index contributed by atoms with van der Waals surface area (Å²) >= 11 is 1.68. The van der Waals surface area contributed by atoms with Crippen LogP contribution in [0.3, 0.4) is 0 Å². The van der Waals surface area contributed by atoms with E-state index in [1.165, 1.54) is 16.0 Å². The van der Waals surface area contributed by atoms with Crippen LogP contribution in [-0.4, -0.2) is 48.0 Å². The second-order valence-electron chi connectivity index (χ2n) is 6.58. The molecule has 1 N–H and O–H groups in total. The Bertz CT molecular complexity index is 622. The van der Waals surface area contributed by atoms with Crippen molar-refractivity contribution < 1.29 is 14.3 Å². The third-order valence-electron chi connectivity index (χ3n) is 4.88. The fraction of sp³-hybridized carbons (Fsp3) is 0.579. The van der Waals surface area contributed by atoms with E-state index < -0.39 is 0 Å². The van der Waals surface area contributed by atoms with Gasteiger partial charge in [0.05, 0.1) is 6.10 Å². The lowest BCUT2D eigenvalue weighted by Crippen LogP contribution is -2.33. The molecule has 3 rings (SSSR count). The molecule has 1 heterocycles. The van der Waals surface area contributed by atoms with E-state index in [1.54, 1.807) is 11.8 Å². The molecule has 0 unspecified atom stereocenters. The molecule has 1 aliphatic carbocycles. The second kappa shape index (κ2) is 8.72. The molecular weight excluding hydrogens is 336 g/mol. The molecule has 1 aromatic carbocycles. The van der Waals surface area contributed by atoms with E-state index in [9.17, 15) is 9.59 Å². The summed E-state index contributed by atoms with van der Waals surface area (Å²) in [6, 6.07) is 7.83. The Morgan fingerprint density at radius 1 is 1.32 bits per heavy atom. The molecule has 0 aromatic heterocycles. The number of urea groups is 1. The molecule has 1 aliphatic heterocycles. The zero-order valence-electron chi connectivity index (χ0n) is 14.7. The molecule has 25 heavy (non-hydrogen) atoms. The monoisotopic (exact) mass is 362 g/mol. The van der Waals surface area contributed by atoms with E-state index in [0.717, 1.165) is 25.0 Å². The average Bonchev–Trinajstić information content (AvgIpc) is 2.90. The van der Waals surface area contributed by atoms with Gasteiger partial charge in [-0.15, -0.1) is 0 Å². The fourth-order valence-electron chi connectivity index (χ4n) is 3.55. The van der Waals surface area contributed by atoms with Crippen LogP contribution in [0.4, 0.5) is 4.79 Å². The number of hydrogen-bond donors (Lipinski definition) is 1. The Morgan fingerprint density at radius 2 is 2.16 bits per heavy atom. The first-order valence-corrected chi connectivity index (χ1v) is 10.4. The number of hydrogen-bond acceptors (Lipinski definition) is 4. The lowest BCUT2D eigenvalue weighted by atomic mass is 9.89. The van der Waals surface area contributed by atoms with Gasteiger partial charge in [-0.1, -0.05) is 24.3 Å². The quantitative estimate of drug-likeness (QED) is 0.570. The van der Waals surface area contributed by atoms with Crippen LogP contribution in [0.25, 0.3) is 0 Å². The Balaban J connectivity index is 1.45. The molecule has 3 amide bonds. The van der Waals surface area contributed by atoms with Gasteiger partial charge in [-0.25, -0.2) is 4.79 Å². The average molecular weight is 362 g/mol. The Labute approximate surface area is 153 Å². The highest BCUT2D eigenvalue weighted by molar-refractivity contribution is 7.98. The summed E-state index contributed by atoms with van der Waals surface area (Å²) in [6.45, 7) is 0.986. The topological polar surface area (TPSA) is 58.6 Å². The molecule has 2 atom stereocenters. The SMILES string of the molecule is CSCC[C@@H]1NC(=O)N(CCCO[C@@H]2CCCc3ccccc32)C1=O. The number of benzene rings is 1. The highest BCUT2D eigenvalue weighted by Crippen LogP contribution is 2.32. The van der Waals surface area contributed by atoms with Crippen LogP contribution in [0, 0.1) is 0 Å². The van der Waals surface area contributed by atoms with Crippen LogP contribution in [-0.2, 0) is 16.0 Å². The van der Waals surface area contributed by atoms with Crippen LogP contribution in [0.5, 0.6) is 0 Å². The molecule has 0 saturated carbocycles. The predicted molar refractivity (Wildman–Crippen MR) is 99.7 cm³/mol. The van der Waals surface area contributed by atoms with Gasteiger partial charge >= 0.3 is 6.03 Å². The van der Waals surface area contributed by atoms with Crippen molar-refractivity contribution in [1.82, 2.24) is 10.2 Å². The van der Waals surface area contributed by atoms with Crippen LogP contribution >= 0.6 is 11.8 Å². The van der Waals surface area contributed by atoms with Gasteiger partial charge in [-0.3, -0.25) is 9.69 Å². The maximum Gasteiger partial charge on any atom is 0.324 e. The van der Waals surface area contributed by atoms with E-state index in [2.05, 4.69) is 29.6 Å². The van der Waals surface area contributed by atoms with Gasteiger partial charge in [0.25, 0.3) is 5.91 Å². The predicted octanol–water partition coefficient (Wildman–Crippen LogP) is 3.14. The third-order valence-corrected chi connectivity index (χ3v) is 5.52. The van der Waals surface area contributed by atoms with E-state index in [0.29, 0.717) is 26.0 Å². The van der Waals surface area contributed by atoms with Crippen molar-refractivity contribution in [2.24, 2.45) is 0 Å². The van der Waals surface area contributed by atoms with Crippen molar-refractivity contribution >= 4 is 23.7 Å². The van der Waals surface area contributed by atoms with Crippen molar-refractivity contribution in [3.8, 4) is 0 Å². The molecule has 6 heteroatoms. The first kappa shape index (κ1) is 18.3. The number of carbonyl (C=O) groups excluding carboxylic acids is 2. The normalized spacial score (nSPS) is 22.8. The molecule has 136 valence electrons. The van der Waals surface area contributed by atoms with Crippen molar-refractivity contribution in [3.05, 3.63) is 35.4 Å². The zero-order valence-corrected chi connectivity index (χ0v) is 15.5. The number of amides is 3. The van der Waals surface area contributed by atoms with Crippen LogP contribution in [0.1, 0.15) is 42.9 Å². The number of rotatable bonds is 8. The molecule has 0 radical (unpaired) electrons. The summed E-state index contributed by atoms with van der Waals surface area (Å²) in [5, 5.41) is 2.78. The molecule has 1 saturated heterocycles. The number of nitrogens with one attached hydrogen (secondary N) is 1. The molecule has 0 spiro atoms. The van der Waals surface area contributed by atoms with E-state index in [4.69, 9.17) is 4.74 Å². The Kier molecular flexibility index (Phi) is 6.37. The van der Waals surface area contributed by atoms with Gasteiger partial charge in [-0.05, 0) is 55.2 Å². The molecule has 1 fully saturated rings. The van der Waals surface area contributed by atoms with Crippen LogP contribution in [0.15, 0.2) is 24.3 Å². The summed E-state index contributed by atoms with van der Waals surface area (Å²) < 4.78 is 6.06. The summed E-state index contributed by atoms with van der Waals surface area (Å²) in [7, 11) is 0. The summed E-state index contributed by atoms with van der Waals surface area (Å²) in [5.74, 6) is 0.774. The van der Waals surface area contributed by atoms with Crippen LogP contribution in [0.2, 0.25) is 0 Å². The number of imide groups is 1. The zero-order chi connectivity index (χ0) is 17.6. The number of nitrogens with zero attached hydrogens (tertiary/aromatic N) is 1. The van der Waals surface area contributed by atoms with Crippen molar-refractivity contribution in [2.75, 3.05) is 25.2 Å². The second-order valence-corrected chi connectivity index (χ2v) is 7.56. The maximum atomic E-state index is 12.3. The summed E-state index contributed by atoms with van der Waals surface area (Å²) in [4.78, 5) is 25.6. The minimum atomic E-state index is -0.355. The van der Waals surface area contributed by atoms with Crippen molar-refractivity contribution in [1.29, 1.82) is 0 Å². The number of fused-ring (bicyclic) bond motifs is 1. The Morgan fingerprint density at radius 3 is 3.00 bits per heavy atom. The lowest BCUT2D eigenvalue weighted by molar-refractivity contribution is -0.127. The largest absolute Gasteiger partial charge is 0.373 e. The number of ether oxygens (including phenoxy) is 1. The minimum Gasteiger partial charge on any atom is -0.373 e. The van der Waals surface area contributed by atoms with Crippen molar-refractivity contribution in [3.63, 3.8) is 0 Å². The van der Waals surface area contributed by atoms with Gasteiger partial charge in [0, 0.05) is 13.2 Å². The lowest BCUT2D eigenvalue weighted by Gasteiger charge is -2.26. The van der Waals surface area contributed by atoms with E-state index >= 15 is 0 Å². The number of aryl methyl sites for hydroxylation is 1. The minimum absolute atomic E-state index is 0.0953. The first-order chi connectivity index (χ1) is 12.2. The maximum absolute atomic E-state index is 12.3. The molecule has 0 bridgehead atoms. The molecule has 5 nitrogen and oxygen atoms in total. The molecular formula is C19H26N2O3S. The standard InChI is InChI=1S/C19H26N2O3S/c1-25-13-10-16-18(22)21(19(23)20-16)11-5-12-24-17-9-4-7-14-6-2-3-8-15(14)17/h2-3,6,8,16-17H,4-5,7,9-13H2,1H3,(H,20,23)/t16-,17+/m0/s1. The number of carbonyl (C=O) groups is 2. The summed E-state index contributed by atoms with van der Waals surface area (Å²) in [5.41, 5.74) is 2.67. The van der Waals surface area contributed by atoms with Gasteiger partial charge < -0.3 is 10.1 Å². The van der Waals surface area contributed by atoms with E-state index in [-0.39, 0.29) is 24.1 Å². The molecule has 2 aliphatic rings. The smallest absolute Gasteiger partial charge is 0.324 e. The van der Waals surface area contributed by atoms with Gasteiger partial charge in [-0.2, -0.15) is 11.8 Å². The highest BCUT2D eigenvalue weighted by Gasteiger charge is 2.36. The van der Waals surface area contributed by atoms with Gasteiger partial charge in [0.2, 0.25) is 0 Å². The summed E-state index contributed by atoms with van der Waals surface area (Å²) in [6.07, 6.45) is 6.81. The third kappa shape index (κ3) is 4.36. The highest BCUT2D eigenvalue weighted by atomic mass is 32.2. The van der Waals surface area contributed by atoms with Gasteiger partial charge in [0.15, 0.2) is 0 Å². The van der Waals surface area contributed by atoms with Crippen molar-refractivity contribution in [2.45, 2.75) is 44.2 Å². The molecule has 1 aromatic rings. The van der Waals surface area contributed by atoms with Gasteiger partial charge in [0.1, 0.15) is 6.04 Å². The fourth-order valence-corrected chi connectivity index (χ4v) is 4.02. The first-order valence-electron chi connectivity index (χ1n) is 9.01. The van der Waals surface area contributed by atoms with E-state index in [1.807, 2.05) is 6.26 Å². The Hall–Kier alpha value is -1.53.